The molecule has 2 aromatic rings. The maximum absolute atomic E-state index is 5.87. The molecule has 0 radical (unpaired) electrons. The molecule has 1 heterocycles. The van der Waals surface area contributed by atoms with Crippen molar-refractivity contribution in [1.29, 1.82) is 0 Å². The van der Waals surface area contributed by atoms with Crippen LogP contribution in [-0.2, 0) is 17.8 Å². The van der Waals surface area contributed by atoms with Crippen LogP contribution in [0.3, 0.4) is 0 Å². The second-order valence-electron chi connectivity index (χ2n) is 7.84. The van der Waals surface area contributed by atoms with Crippen LogP contribution in [0, 0.1) is 0 Å². The van der Waals surface area contributed by atoms with E-state index >= 15 is 0 Å². The van der Waals surface area contributed by atoms with Gasteiger partial charge in [0.1, 0.15) is 0 Å². The third-order valence-electron chi connectivity index (χ3n) is 5.32. The van der Waals surface area contributed by atoms with Crippen molar-refractivity contribution in [3.05, 3.63) is 53.6 Å². The number of nitrogens with one attached hydrogen (secondary N) is 2. The molecule has 7 nitrogen and oxygen atoms in total. The first-order chi connectivity index (χ1) is 15.0. The summed E-state index contributed by atoms with van der Waals surface area (Å²) in [5.41, 5.74) is 3.44. The van der Waals surface area contributed by atoms with Gasteiger partial charge in [-0.3, -0.25) is 9.89 Å². The number of nitrogens with zero attached hydrogens (tertiary/aromatic N) is 2. The highest BCUT2D eigenvalue weighted by molar-refractivity contribution is 5.93. The van der Waals surface area contributed by atoms with Crippen LogP contribution >= 0.6 is 0 Å². The van der Waals surface area contributed by atoms with E-state index in [9.17, 15) is 0 Å². The Hall–Kier alpha value is -2.77. The number of guanidine groups is 1. The minimum Gasteiger partial charge on any atom is -0.493 e. The van der Waals surface area contributed by atoms with E-state index in [0.717, 1.165) is 25.3 Å². The molecule has 1 saturated heterocycles. The standard InChI is InChI=1S/C24H34N4O3/c1-17-14-28(15-18(2)31-17)16-20-9-7-6-8-19(20)13-26-24(25-3)27-21-10-11-22(29-4)23(12-21)30-5/h6-12,17-18H,13-16H2,1-5H3,(H2,25,26,27). The Kier molecular flexibility index (Phi) is 8.14. The van der Waals surface area contributed by atoms with Crippen molar-refractivity contribution in [3.8, 4) is 11.5 Å². The fourth-order valence-corrected chi connectivity index (χ4v) is 3.95. The highest BCUT2D eigenvalue weighted by Crippen LogP contribution is 2.29. The fourth-order valence-electron chi connectivity index (χ4n) is 3.95. The van der Waals surface area contributed by atoms with Crippen LogP contribution in [-0.4, -0.2) is 57.4 Å². The van der Waals surface area contributed by atoms with E-state index < -0.39 is 0 Å². The average Bonchev–Trinajstić information content (AvgIpc) is 2.76. The lowest BCUT2D eigenvalue weighted by atomic mass is 10.1. The second-order valence-corrected chi connectivity index (χ2v) is 7.84. The first-order valence-electron chi connectivity index (χ1n) is 10.7. The molecule has 7 heteroatoms. The summed E-state index contributed by atoms with van der Waals surface area (Å²) in [5.74, 6) is 2.05. The van der Waals surface area contributed by atoms with E-state index in [1.54, 1.807) is 21.3 Å². The predicted molar refractivity (Wildman–Crippen MR) is 125 cm³/mol. The zero-order chi connectivity index (χ0) is 22.2. The van der Waals surface area contributed by atoms with Gasteiger partial charge in [0.05, 0.1) is 26.4 Å². The van der Waals surface area contributed by atoms with Crippen molar-refractivity contribution < 1.29 is 14.2 Å². The molecular weight excluding hydrogens is 392 g/mol. The molecule has 3 rings (SSSR count). The van der Waals surface area contributed by atoms with Crippen LogP contribution in [0.1, 0.15) is 25.0 Å². The van der Waals surface area contributed by atoms with Gasteiger partial charge in [0.25, 0.3) is 0 Å². The van der Waals surface area contributed by atoms with Gasteiger partial charge < -0.3 is 24.8 Å². The molecule has 0 bridgehead atoms. The van der Waals surface area contributed by atoms with Gasteiger partial charge in [-0.1, -0.05) is 24.3 Å². The molecule has 0 saturated carbocycles. The molecule has 0 aliphatic carbocycles. The number of rotatable bonds is 7. The molecule has 2 N–H and O–H groups in total. The lowest BCUT2D eigenvalue weighted by molar-refractivity contribution is -0.0705. The molecule has 1 aliphatic rings. The van der Waals surface area contributed by atoms with Gasteiger partial charge in [-0.15, -0.1) is 0 Å². The molecule has 2 unspecified atom stereocenters. The van der Waals surface area contributed by atoms with E-state index in [4.69, 9.17) is 14.2 Å². The maximum Gasteiger partial charge on any atom is 0.195 e. The summed E-state index contributed by atoms with van der Waals surface area (Å²) >= 11 is 0. The van der Waals surface area contributed by atoms with Gasteiger partial charge in [0.15, 0.2) is 17.5 Å². The lowest BCUT2D eigenvalue weighted by Crippen LogP contribution is -2.45. The van der Waals surface area contributed by atoms with Crippen molar-refractivity contribution in [2.24, 2.45) is 4.99 Å². The Morgan fingerprint density at radius 3 is 2.35 bits per heavy atom. The van der Waals surface area contributed by atoms with Crippen molar-refractivity contribution in [3.63, 3.8) is 0 Å². The average molecular weight is 427 g/mol. The Balaban J connectivity index is 1.63. The summed E-state index contributed by atoms with van der Waals surface area (Å²) < 4.78 is 16.6. The second kappa shape index (κ2) is 11.0. The van der Waals surface area contributed by atoms with E-state index in [1.807, 2.05) is 18.2 Å². The van der Waals surface area contributed by atoms with Crippen molar-refractivity contribution in [2.75, 3.05) is 39.7 Å². The quantitative estimate of drug-likeness (QED) is 0.522. The SMILES string of the molecule is CN=C(NCc1ccccc1CN1CC(C)OC(C)C1)Nc1ccc(OC)c(OC)c1. The summed E-state index contributed by atoms with van der Waals surface area (Å²) in [5, 5.41) is 6.73. The van der Waals surface area contributed by atoms with Crippen molar-refractivity contribution >= 4 is 11.6 Å². The van der Waals surface area contributed by atoms with Gasteiger partial charge in [-0.25, -0.2) is 0 Å². The number of anilines is 1. The number of aliphatic imine (C=N–C) groups is 1. The van der Waals surface area contributed by atoms with Gasteiger partial charge in [-0.2, -0.15) is 0 Å². The van der Waals surface area contributed by atoms with E-state index in [2.05, 4.69) is 58.6 Å². The van der Waals surface area contributed by atoms with Crippen LogP contribution in [0.2, 0.25) is 0 Å². The van der Waals surface area contributed by atoms with Crippen molar-refractivity contribution in [2.45, 2.75) is 39.1 Å². The Labute approximate surface area is 185 Å². The molecule has 1 aliphatic heterocycles. The summed E-state index contributed by atoms with van der Waals surface area (Å²) in [4.78, 5) is 6.82. The normalized spacial score (nSPS) is 19.7. The smallest absolute Gasteiger partial charge is 0.195 e. The first-order valence-corrected chi connectivity index (χ1v) is 10.7. The number of methoxy groups -OCH3 is 2. The number of hydrogen-bond donors (Lipinski definition) is 2. The van der Waals surface area contributed by atoms with Gasteiger partial charge in [-0.05, 0) is 37.1 Å². The third kappa shape index (κ3) is 6.35. The summed E-state index contributed by atoms with van der Waals surface area (Å²) in [6, 6.07) is 14.2. The van der Waals surface area contributed by atoms with Crippen molar-refractivity contribution in [1.82, 2.24) is 10.2 Å². The van der Waals surface area contributed by atoms with Crippen LogP contribution in [0.25, 0.3) is 0 Å². The molecule has 168 valence electrons. The summed E-state index contributed by atoms with van der Waals surface area (Å²) in [6.07, 6.45) is 0.525. The van der Waals surface area contributed by atoms with E-state index in [0.29, 0.717) is 24.0 Å². The maximum atomic E-state index is 5.87. The summed E-state index contributed by atoms with van der Waals surface area (Å²) in [7, 11) is 5.02. The highest BCUT2D eigenvalue weighted by atomic mass is 16.5. The number of ether oxygens (including phenoxy) is 3. The number of benzene rings is 2. The Bertz CT molecular complexity index is 877. The number of morpholine rings is 1. The minimum atomic E-state index is 0.263. The predicted octanol–water partition coefficient (Wildman–Crippen LogP) is 3.50. The highest BCUT2D eigenvalue weighted by Gasteiger charge is 2.22. The Morgan fingerprint density at radius 2 is 1.71 bits per heavy atom. The zero-order valence-corrected chi connectivity index (χ0v) is 19.1. The molecule has 0 aromatic heterocycles. The largest absolute Gasteiger partial charge is 0.493 e. The fraction of sp³-hybridized carbons (Fsp3) is 0.458. The van der Waals surface area contributed by atoms with Gasteiger partial charge in [0, 0.05) is 45.0 Å². The lowest BCUT2D eigenvalue weighted by Gasteiger charge is -2.35. The van der Waals surface area contributed by atoms with Crippen LogP contribution in [0.15, 0.2) is 47.5 Å². The van der Waals surface area contributed by atoms with Crippen LogP contribution < -0.4 is 20.1 Å². The molecule has 0 amide bonds. The third-order valence-corrected chi connectivity index (χ3v) is 5.32. The van der Waals surface area contributed by atoms with E-state index in [1.165, 1.54) is 11.1 Å². The Morgan fingerprint density at radius 1 is 1.03 bits per heavy atom. The molecule has 0 spiro atoms. The molecule has 1 fully saturated rings. The topological polar surface area (TPSA) is 67.4 Å². The molecule has 2 aromatic carbocycles. The molecule has 2 atom stereocenters. The van der Waals surface area contributed by atoms with Crippen LogP contribution in [0.5, 0.6) is 11.5 Å². The molecule has 31 heavy (non-hydrogen) atoms. The summed E-state index contributed by atoms with van der Waals surface area (Å²) in [6.45, 7) is 7.78. The van der Waals surface area contributed by atoms with E-state index in [-0.39, 0.29) is 12.2 Å². The van der Waals surface area contributed by atoms with Gasteiger partial charge >= 0.3 is 0 Å². The monoisotopic (exact) mass is 426 g/mol. The van der Waals surface area contributed by atoms with Crippen LogP contribution in [0.4, 0.5) is 5.69 Å². The first kappa shape index (κ1) is 22.9. The van der Waals surface area contributed by atoms with Gasteiger partial charge in [0.2, 0.25) is 0 Å². The minimum absolute atomic E-state index is 0.263. The molecular formula is C24H34N4O3. The zero-order valence-electron chi connectivity index (χ0n) is 19.1. The number of hydrogen-bond acceptors (Lipinski definition) is 5.